The lowest BCUT2D eigenvalue weighted by Gasteiger charge is -2.34. The molecule has 36 heavy (non-hydrogen) atoms. The quantitative estimate of drug-likeness (QED) is 0.452. The molecule has 2 aromatic rings. The summed E-state index contributed by atoms with van der Waals surface area (Å²) in [5, 5.41) is 14.4. The molecule has 1 fully saturated rings. The second-order valence-electron chi connectivity index (χ2n) is 9.86. The molecule has 2 aliphatic rings. The molecule has 2 aromatic carbocycles. The minimum Gasteiger partial charge on any atom is -0.379 e. The van der Waals surface area contributed by atoms with E-state index in [1.165, 1.54) is 16.7 Å². The van der Waals surface area contributed by atoms with E-state index in [9.17, 15) is 9.90 Å². The normalized spacial score (nSPS) is 18.7. The number of rotatable bonds is 9. The summed E-state index contributed by atoms with van der Waals surface area (Å²) in [6.45, 7) is 5.88. The summed E-state index contributed by atoms with van der Waals surface area (Å²) >= 11 is 6.24. The van der Waals surface area contributed by atoms with Gasteiger partial charge in [0.05, 0.1) is 6.04 Å². The van der Waals surface area contributed by atoms with Gasteiger partial charge < -0.3 is 10.0 Å². The number of halogens is 1. The van der Waals surface area contributed by atoms with E-state index in [-0.39, 0.29) is 11.9 Å². The maximum absolute atomic E-state index is 13.0. The molecule has 0 bridgehead atoms. The molecule has 1 aliphatic heterocycles. The molecule has 2 atom stereocenters. The molecular weight excluding hydrogens is 470 g/mol. The lowest BCUT2D eigenvalue weighted by atomic mass is 9.91. The number of allylic oxidation sites excluding steroid dienone is 3. The summed E-state index contributed by atoms with van der Waals surface area (Å²) in [5.41, 5.74) is 5.01. The van der Waals surface area contributed by atoms with Gasteiger partial charge in [-0.15, -0.1) is 0 Å². The van der Waals surface area contributed by atoms with E-state index in [1.54, 1.807) is 0 Å². The van der Waals surface area contributed by atoms with Crippen LogP contribution in [0.4, 0.5) is 0 Å². The third-order valence-corrected chi connectivity index (χ3v) is 7.45. The highest BCUT2D eigenvalue weighted by Crippen LogP contribution is 2.35. The Morgan fingerprint density at radius 3 is 2.50 bits per heavy atom. The van der Waals surface area contributed by atoms with E-state index in [1.807, 2.05) is 11.0 Å². The van der Waals surface area contributed by atoms with E-state index in [0.29, 0.717) is 25.9 Å². The lowest BCUT2D eigenvalue weighted by Crippen LogP contribution is -2.38. The Hall–Kier alpha value is -2.44. The molecule has 0 spiro atoms. The Morgan fingerprint density at radius 1 is 1.00 bits per heavy atom. The minimum absolute atomic E-state index is 0.121. The highest BCUT2D eigenvalue weighted by atomic mass is 35.5. The second kappa shape index (κ2) is 13.2. The molecule has 1 heterocycles. The molecule has 1 amide bonds. The van der Waals surface area contributed by atoms with Crippen molar-refractivity contribution < 1.29 is 9.90 Å². The minimum atomic E-state index is -0.695. The predicted octanol–water partition coefficient (Wildman–Crippen LogP) is 5.30. The standard InChI is InChI=1S/C30H38ClN3O2/c1-23-8-10-24(11-9-23)22-32-28(35)16-17-29(36)33-18-5-19-34(21-20-33)30(25-6-3-2-4-7-25)26-12-14-27(31)15-13-26/h2-4,6-12,14,28,30,32,35H,5,13,15-22H2,1H3. The molecule has 5 nitrogen and oxygen atoms in total. The molecule has 2 unspecified atom stereocenters. The van der Waals surface area contributed by atoms with E-state index in [4.69, 9.17) is 11.6 Å². The van der Waals surface area contributed by atoms with E-state index >= 15 is 0 Å². The lowest BCUT2D eigenvalue weighted by molar-refractivity contribution is -0.131. The Labute approximate surface area is 220 Å². The van der Waals surface area contributed by atoms with Crippen molar-refractivity contribution in [3.8, 4) is 0 Å². The summed E-state index contributed by atoms with van der Waals surface area (Å²) in [6.07, 6.45) is 7.06. The number of hydrogen-bond donors (Lipinski definition) is 2. The Kier molecular flexibility index (Phi) is 9.76. The molecule has 2 N–H and O–H groups in total. The highest BCUT2D eigenvalue weighted by molar-refractivity contribution is 6.29. The number of aliphatic hydroxyl groups excluding tert-OH is 1. The summed E-state index contributed by atoms with van der Waals surface area (Å²) in [4.78, 5) is 17.5. The monoisotopic (exact) mass is 507 g/mol. The van der Waals surface area contributed by atoms with Gasteiger partial charge in [-0.2, -0.15) is 0 Å². The predicted molar refractivity (Wildman–Crippen MR) is 146 cm³/mol. The van der Waals surface area contributed by atoms with Crippen LogP contribution in [0.25, 0.3) is 0 Å². The van der Waals surface area contributed by atoms with Crippen LogP contribution < -0.4 is 5.32 Å². The highest BCUT2D eigenvalue weighted by Gasteiger charge is 2.28. The molecule has 0 saturated carbocycles. The first kappa shape index (κ1) is 26.6. The van der Waals surface area contributed by atoms with Crippen LogP contribution in [0, 0.1) is 6.92 Å². The fourth-order valence-electron chi connectivity index (χ4n) is 5.06. The molecule has 1 aliphatic carbocycles. The van der Waals surface area contributed by atoms with Crippen LogP contribution in [-0.2, 0) is 11.3 Å². The number of amides is 1. The third kappa shape index (κ3) is 7.53. The van der Waals surface area contributed by atoms with Crippen LogP contribution >= 0.6 is 11.6 Å². The first-order valence-electron chi connectivity index (χ1n) is 13.1. The number of hydrogen-bond acceptors (Lipinski definition) is 4. The van der Waals surface area contributed by atoms with Crippen molar-refractivity contribution in [1.82, 2.24) is 15.1 Å². The van der Waals surface area contributed by atoms with Crippen molar-refractivity contribution in [3.63, 3.8) is 0 Å². The van der Waals surface area contributed by atoms with Gasteiger partial charge in [-0.25, -0.2) is 0 Å². The van der Waals surface area contributed by atoms with Crippen molar-refractivity contribution in [3.05, 3.63) is 94.0 Å². The van der Waals surface area contributed by atoms with Crippen molar-refractivity contribution in [2.45, 2.75) is 57.8 Å². The average Bonchev–Trinajstić information content (AvgIpc) is 3.15. The zero-order valence-corrected chi connectivity index (χ0v) is 22.0. The summed E-state index contributed by atoms with van der Waals surface area (Å²) in [6, 6.07) is 19.1. The van der Waals surface area contributed by atoms with E-state index in [0.717, 1.165) is 49.5 Å². The topological polar surface area (TPSA) is 55.8 Å². The van der Waals surface area contributed by atoms with Gasteiger partial charge in [0.25, 0.3) is 0 Å². The maximum atomic E-state index is 13.0. The van der Waals surface area contributed by atoms with Crippen LogP contribution in [0.3, 0.4) is 0 Å². The van der Waals surface area contributed by atoms with Gasteiger partial charge in [-0.05, 0) is 55.4 Å². The van der Waals surface area contributed by atoms with Crippen molar-refractivity contribution in [1.29, 1.82) is 0 Å². The van der Waals surface area contributed by atoms with E-state index in [2.05, 4.69) is 77.8 Å². The van der Waals surface area contributed by atoms with Gasteiger partial charge in [0.2, 0.25) is 5.91 Å². The van der Waals surface area contributed by atoms with Crippen molar-refractivity contribution in [2.75, 3.05) is 26.2 Å². The smallest absolute Gasteiger partial charge is 0.222 e. The fraction of sp³-hybridized carbons (Fsp3) is 0.433. The number of carbonyl (C=O) groups is 1. The average molecular weight is 508 g/mol. The molecular formula is C30H38ClN3O2. The van der Waals surface area contributed by atoms with Crippen LogP contribution in [0.15, 0.2) is 77.4 Å². The second-order valence-corrected chi connectivity index (χ2v) is 10.3. The Balaban J connectivity index is 1.30. The SMILES string of the molecule is Cc1ccc(CNC(O)CCC(=O)N2CCCN(C(C3=CC=C(Cl)CC3)c3ccccc3)CC2)cc1. The molecule has 0 aromatic heterocycles. The molecule has 1 saturated heterocycles. The van der Waals surface area contributed by atoms with Gasteiger partial charge in [0, 0.05) is 44.2 Å². The number of nitrogens with one attached hydrogen (secondary N) is 1. The number of benzene rings is 2. The Morgan fingerprint density at radius 2 is 1.78 bits per heavy atom. The summed E-state index contributed by atoms with van der Waals surface area (Å²) in [5.74, 6) is 0.121. The van der Waals surface area contributed by atoms with Crippen molar-refractivity contribution in [2.24, 2.45) is 0 Å². The van der Waals surface area contributed by atoms with Gasteiger partial charge in [-0.3, -0.25) is 15.0 Å². The first-order valence-corrected chi connectivity index (χ1v) is 13.5. The number of aryl methyl sites for hydroxylation is 1. The van der Waals surface area contributed by atoms with Crippen LogP contribution in [0.2, 0.25) is 0 Å². The summed E-state index contributed by atoms with van der Waals surface area (Å²) in [7, 11) is 0. The Bertz CT molecular complexity index is 1050. The molecule has 192 valence electrons. The van der Waals surface area contributed by atoms with Crippen LogP contribution in [-0.4, -0.2) is 53.2 Å². The fourth-order valence-corrected chi connectivity index (χ4v) is 5.21. The van der Waals surface area contributed by atoms with Gasteiger partial charge in [0.15, 0.2) is 0 Å². The maximum Gasteiger partial charge on any atom is 0.222 e. The first-order chi connectivity index (χ1) is 17.5. The zero-order valence-electron chi connectivity index (χ0n) is 21.2. The van der Waals surface area contributed by atoms with Gasteiger partial charge in [0.1, 0.15) is 6.23 Å². The number of nitrogens with zero attached hydrogens (tertiary/aromatic N) is 2. The van der Waals surface area contributed by atoms with E-state index < -0.39 is 6.23 Å². The molecule has 6 heteroatoms. The van der Waals surface area contributed by atoms with Gasteiger partial charge in [-0.1, -0.05) is 77.8 Å². The number of carbonyl (C=O) groups excluding carboxylic acids is 1. The third-order valence-electron chi connectivity index (χ3n) is 7.14. The van der Waals surface area contributed by atoms with Crippen LogP contribution in [0.5, 0.6) is 0 Å². The van der Waals surface area contributed by atoms with Gasteiger partial charge >= 0.3 is 0 Å². The zero-order chi connectivity index (χ0) is 25.3. The molecule has 0 radical (unpaired) electrons. The van der Waals surface area contributed by atoms with Crippen LogP contribution in [0.1, 0.15) is 54.8 Å². The number of aliphatic hydroxyl groups is 1. The van der Waals surface area contributed by atoms with Crippen molar-refractivity contribution >= 4 is 17.5 Å². The summed E-state index contributed by atoms with van der Waals surface area (Å²) < 4.78 is 0. The largest absolute Gasteiger partial charge is 0.379 e. The molecule has 4 rings (SSSR count).